The van der Waals surface area contributed by atoms with Crippen molar-refractivity contribution in [3.05, 3.63) is 30.4 Å². The largest absolute Gasteiger partial charge is 0.353 e. The van der Waals surface area contributed by atoms with Crippen molar-refractivity contribution in [2.45, 2.75) is 6.92 Å². The highest BCUT2D eigenvalue weighted by Crippen LogP contribution is 2.12. The minimum absolute atomic E-state index is 0.0934. The van der Waals surface area contributed by atoms with Crippen LogP contribution in [0.2, 0.25) is 0 Å². The molecule has 0 unspecified atom stereocenters. The standard InChI is InChI=1S/C14H18N6O2/c1-11-8-14(22-18-11)17-13(21)10-19-4-6-20(7-5-19)12-9-15-2-3-16-12/h2-3,8-9H,4-7,10H2,1H3,(H,17,21). The lowest BCUT2D eigenvalue weighted by atomic mass is 10.3. The number of piperazine rings is 1. The van der Waals surface area contributed by atoms with Crippen LogP contribution in [0.1, 0.15) is 5.69 Å². The molecule has 1 N–H and O–H groups in total. The van der Waals surface area contributed by atoms with Crippen LogP contribution in [-0.2, 0) is 4.79 Å². The Morgan fingerprint density at radius 1 is 1.32 bits per heavy atom. The molecule has 0 bridgehead atoms. The predicted octanol–water partition coefficient (Wildman–Crippen LogP) is 0.534. The van der Waals surface area contributed by atoms with Gasteiger partial charge in [0.25, 0.3) is 0 Å². The number of carbonyl (C=O) groups excluding carboxylic acids is 1. The summed E-state index contributed by atoms with van der Waals surface area (Å²) in [4.78, 5) is 24.6. The van der Waals surface area contributed by atoms with Gasteiger partial charge in [-0.15, -0.1) is 0 Å². The molecule has 0 saturated carbocycles. The Morgan fingerprint density at radius 3 is 2.77 bits per heavy atom. The van der Waals surface area contributed by atoms with E-state index in [4.69, 9.17) is 4.52 Å². The summed E-state index contributed by atoms with van der Waals surface area (Å²) < 4.78 is 4.98. The fourth-order valence-corrected chi connectivity index (χ4v) is 2.39. The Balaban J connectivity index is 1.46. The molecule has 8 heteroatoms. The average Bonchev–Trinajstić information content (AvgIpc) is 2.94. The van der Waals surface area contributed by atoms with E-state index in [0.717, 1.165) is 37.7 Å². The molecule has 3 heterocycles. The van der Waals surface area contributed by atoms with Gasteiger partial charge in [0.1, 0.15) is 5.82 Å². The molecule has 2 aromatic heterocycles. The second-order valence-electron chi connectivity index (χ2n) is 5.21. The van der Waals surface area contributed by atoms with Crippen LogP contribution < -0.4 is 10.2 Å². The van der Waals surface area contributed by atoms with Crippen molar-refractivity contribution in [3.8, 4) is 0 Å². The smallest absolute Gasteiger partial charge is 0.240 e. The molecule has 8 nitrogen and oxygen atoms in total. The van der Waals surface area contributed by atoms with Gasteiger partial charge < -0.3 is 9.42 Å². The van der Waals surface area contributed by atoms with E-state index < -0.39 is 0 Å². The number of amides is 1. The van der Waals surface area contributed by atoms with Crippen LogP contribution in [0, 0.1) is 6.92 Å². The Kier molecular flexibility index (Phi) is 4.29. The molecule has 3 rings (SSSR count). The molecular weight excluding hydrogens is 284 g/mol. The molecule has 0 aromatic carbocycles. The van der Waals surface area contributed by atoms with E-state index in [2.05, 4.69) is 30.2 Å². The Morgan fingerprint density at radius 2 is 2.14 bits per heavy atom. The lowest BCUT2D eigenvalue weighted by Crippen LogP contribution is -2.48. The van der Waals surface area contributed by atoms with Crippen LogP contribution in [0.5, 0.6) is 0 Å². The normalized spacial score (nSPS) is 15.8. The van der Waals surface area contributed by atoms with Crippen LogP contribution in [0.15, 0.2) is 29.2 Å². The van der Waals surface area contributed by atoms with E-state index >= 15 is 0 Å². The molecule has 22 heavy (non-hydrogen) atoms. The highest BCUT2D eigenvalue weighted by molar-refractivity contribution is 5.90. The maximum Gasteiger partial charge on any atom is 0.240 e. The van der Waals surface area contributed by atoms with Gasteiger partial charge in [-0.2, -0.15) is 0 Å². The van der Waals surface area contributed by atoms with Crippen molar-refractivity contribution in [2.75, 3.05) is 42.9 Å². The summed E-state index contributed by atoms with van der Waals surface area (Å²) in [7, 11) is 0. The highest BCUT2D eigenvalue weighted by Gasteiger charge is 2.20. The molecule has 0 radical (unpaired) electrons. The van der Waals surface area contributed by atoms with Gasteiger partial charge in [0.15, 0.2) is 0 Å². The van der Waals surface area contributed by atoms with Crippen LogP contribution in [0.25, 0.3) is 0 Å². The number of aryl methyl sites for hydroxylation is 1. The second-order valence-corrected chi connectivity index (χ2v) is 5.21. The zero-order valence-corrected chi connectivity index (χ0v) is 12.4. The molecule has 1 aliphatic heterocycles. The lowest BCUT2D eigenvalue weighted by molar-refractivity contribution is -0.117. The van der Waals surface area contributed by atoms with E-state index in [-0.39, 0.29) is 5.91 Å². The number of rotatable bonds is 4. The molecule has 1 aliphatic rings. The Labute approximate surface area is 128 Å². The van der Waals surface area contributed by atoms with Crippen LogP contribution >= 0.6 is 0 Å². The van der Waals surface area contributed by atoms with Crippen molar-refractivity contribution in [3.63, 3.8) is 0 Å². The number of aromatic nitrogens is 3. The second kappa shape index (κ2) is 6.52. The fourth-order valence-electron chi connectivity index (χ4n) is 2.39. The summed E-state index contributed by atoms with van der Waals surface area (Å²) in [6.07, 6.45) is 5.11. The number of nitrogens with one attached hydrogen (secondary N) is 1. The first-order valence-corrected chi connectivity index (χ1v) is 7.17. The molecule has 0 spiro atoms. The van der Waals surface area contributed by atoms with E-state index in [1.54, 1.807) is 24.7 Å². The molecule has 2 aromatic rings. The topological polar surface area (TPSA) is 87.4 Å². The zero-order valence-electron chi connectivity index (χ0n) is 12.4. The minimum Gasteiger partial charge on any atom is -0.353 e. The lowest BCUT2D eigenvalue weighted by Gasteiger charge is -2.34. The number of hydrogen-bond acceptors (Lipinski definition) is 7. The minimum atomic E-state index is -0.0934. The molecule has 1 amide bonds. The number of carbonyl (C=O) groups is 1. The average molecular weight is 302 g/mol. The molecular formula is C14H18N6O2. The first kappa shape index (κ1) is 14.5. The number of nitrogens with zero attached hydrogens (tertiary/aromatic N) is 5. The summed E-state index contributed by atoms with van der Waals surface area (Å²) in [5.74, 6) is 1.17. The van der Waals surface area contributed by atoms with E-state index in [0.29, 0.717) is 12.4 Å². The van der Waals surface area contributed by atoms with Gasteiger partial charge >= 0.3 is 0 Å². The third-order valence-electron chi connectivity index (χ3n) is 3.50. The first-order valence-electron chi connectivity index (χ1n) is 7.17. The molecule has 0 aliphatic carbocycles. The van der Waals surface area contributed by atoms with Crippen LogP contribution in [0.4, 0.5) is 11.7 Å². The fraction of sp³-hybridized carbons (Fsp3) is 0.429. The Hall–Kier alpha value is -2.48. The predicted molar refractivity (Wildman–Crippen MR) is 80.6 cm³/mol. The van der Waals surface area contributed by atoms with Gasteiger partial charge in [0.2, 0.25) is 11.8 Å². The maximum absolute atomic E-state index is 12.0. The quantitative estimate of drug-likeness (QED) is 0.881. The van der Waals surface area contributed by atoms with E-state index in [1.165, 1.54) is 0 Å². The summed E-state index contributed by atoms with van der Waals surface area (Å²) in [6, 6.07) is 1.70. The third-order valence-corrected chi connectivity index (χ3v) is 3.50. The number of anilines is 2. The van der Waals surface area contributed by atoms with Gasteiger partial charge in [0.05, 0.1) is 18.4 Å². The van der Waals surface area contributed by atoms with E-state index in [9.17, 15) is 4.79 Å². The zero-order chi connectivity index (χ0) is 15.4. The summed E-state index contributed by atoms with van der Waals surface area (Å²) in [6.45, 7) is 5.42. The van der Waals surface area contributed by atoms with Gasteiger partial charge in [-0.25, -0.2) is 4.98 Å². The van der Waals surface area contributed by atoms with Crippen molar-refractivity contribution in [1.82, 2.24) is 20.0 Å². The van der Waals surface area contributed by atoms with Gasteiger partial charge in [-0.1, -0.05) is 5.16 Å². The summed E-state index contributed by atoms with van der Waals surface area (Å²) in [5.41, 5.74) is 0.743. The van der Waals surface area contributed by atoms with Gasteiger partial charge in [-0.05, 0) is 6.92 Å². The Bertz CT molecular complexity index is 621. The van der Waals surface area contributed by atoms with Crippen molar-refractivity contribution in [2.24, 2.45) is 0 Å². The van der Waals surface area contributed by atoms with Crippen molar-refractivity contribution in [1.29, 1.82) is 0 Å². The molecule has 116 valence electrons. The monoisotopic (exact) mass is 302 g/mol. The summed E-state index contributed by atoms with van der Waals surface area (Å²) in [5, 5.41) is 6.44. The third kappa shape index (κ3) is 3.59. The van der Waals surface area contributed by atoms with E-state index in [1.807, 2.05) is 6.92 Å². The summed E-state index contributed by atoms with van der Waals surface area (Å²) >= 11 is 0. The SMILES string of the molecule is Cc1cc(NC(=O)CN2CCN(c3cnccn3)CC2)on1. The highest BCUT2D eigenvalue weighted by atomic mass is 16.5. The molecule has 1 saturated heterocycles. The first-order chi connectivity index (χ1) is 10.7. The maximum atomic E-state index is 12.0. The van der Waals surface area contributed by atoms with Crippen molar-refractivity contribution < 1.29 is 9.32 Å². The molecule has 1 fully saturated rings. The van der Waals surface area contributed by atoms with Crippen molar-refractivity contribution >= 4 is 17.6 Å². The number of hydrogen-bond donors (Lipinski definition) is 1. The van der Waals surface area contributed by atoms with Gasteiger partial charge in [-0.3, -0.25) is 20.0 Å². The molecule has 0 atom stereocenters. The van der Waals surface area contributed by atoms with Crippen LogP contribution in [0.3, 0.4) is 0 Å². The van der Waals surface area contributed by atoms with Gasteiger partial charge in [0, 0.05) is 44.6 Å². The van der Waals surface area contributed by atoms with Crippen LogP contribution in [-0.4, -0.2) is 58.7 Å².